The van der Waals surface area contributed by atoms with Gasteiger partial charge < -0.3 is 5.73 Å². The Kier molecular flexibility index (Phi) is 3.66. The molecule has 2 N–H and O–H groups in total. The van der Waals surface area contributed by atoms with Gasteiger partial charge in [-0.1, -0.05) is 19.8 Å². The fraction of sp³-hybridized carbons (Fsp3) is 0.750. The molecule has 0 bridgehead atoms. The second-order valence-corrected chi connectivity index (χ2v) is 7.28. The van der Waals surface area contributed by atoms with E-state index in [9.17, 15) is 8.42 Å². The second kappa shape index (κ2) is 4.91. The van der Waals surface area contributed by atoms with Crippen molar-refractivity contribution < 1.29 is 8.42 Å². The topological polar surface area (TPSA) is 78.0 Å². The number of aryl methyl sites for hydroxylation is 1. The van der Waals surface area contributed by atoms with Gasteiger partial charge in [-0.3, -0.25) is 4.68 Å². The van der Waals surface area contributed by atoms with Crippen LogP contribution in [0.1, 0.15) is 49.1 Å². The lowest BCUT2D eigenvalue weighted by Crippen LogP contribution is -2.23. The lowest BCUT2D eigenvalue weighted by molar-refractivity contribution is 0.539. The summed E-state index contributed by atoms with van der Waals surface area (Å²) in [7, 11) is -1.28. The minimum atomic E-state index is -3.05. The van der Waals surface area contributed by atoms with Crippen LogP contribution in [0.4, 0.5) is 5.82 Å². The first kappa shape index (κ1) is 13.4. The van der Waals surface area contributed by atoms with Gasteiger partial charge in [0.15, 0.2) is 9.84 Å². The maximum atomic E-state index is 12.2. The van der Waals surface area contributed by atoms with Gasteiger partial charge >= 0.3 is 0 Å². The third kappa shape index (κ3) is 2.25. The van der Waals surface area contributed by atoms with E-state index in [0.29, 0.717) is 17.9 Å². The summed E-state index contributed by atoms with van der Waals surface area (Å²) >= 11 is 0. The van der Waals surface area contributed by atoms with Crippen LogP contribution < -0.4 is 5.73 Å². The highest BCUT2D eigenvalue weighted by Gasteiger charge is 2.34. The molecule has 0 saturated carbocycles. The molecule has 5 nitrogen and oxygen atoms in total. The number of sulfone groups is 1. The zero-order valence-electron chi connectivity index (χ0n) is 11.0. The largest absolute Gasteiger partial charge is 0.384 e. The first-order chi connectivity index (χ1) is 8.47. The SMILES string of the molecule is CCCc1c(C2CCCCS2(=O)=O)nn(C)c1N. The van der Waals surface area contributed by atoms with Gasteiger partial charge in [-0.2, -0.15) is 5.10 Å². The van der Waals surface area contributed by atoms with Gasteiger partial charge in [-0.15, -0.1) is 0 Å². The smallest absolute Gasteiger partial charge is 0.158 e. The van der Waals surface area contributed by atoms with E-state index in [4.69, 9.17) is 5.73 Å². The van der Waals surface area contributed by atoms with E-state index >= 15 is 0 Å². The Morgan fingerprint density at radius 3 is 2.78 bits per heavy atom. The molecule has 1 fully saturated rings. The van der Waals surface area contributed by atoms with Crippen LogP contribution in [0.15, 0.2) is 0 Å². The molecule has 102 valence electrons. The lowest BCUT2D eigenvalue weighted by Gasteiger charge is -2.21. The summed E-state index contributed by atoms with van der Waals surface area (Å²) in [5.74, 6) is 0.882. The molecule has 6 heteroatoms. The molecule has 1 unspecified atom stereocenters. The van der Waals surface area contributed by atoms with Gasteiger partial charge in [0.1, 0.15) is 11.1 Å². The predicted molar refractivity (Wildman–Crippen MR) is 72.0 cm³/mol. The normalized spacial score (nSPS) is 23.1. The molecule has 1 aromatic heterocycles. The van der Waals surface area contributed by atoms with Crippen LogP contribution in [0.5, 0.6) is 0 Å². The van der Waals surface area contributed by atoms with Gasteiger partial charge in [0.2, 0.25) is 0 Å². The molecule has 2 rings (SSSR count). The van der Waals surface area contributed by atoms with Gasteiger partial charge in [-0.25, -0.2) is 8.42 Å². The number of hydrogen-bond acceptors (Lipinski definition) is 4. The second-order valence-electron chi connectivity index (χ2n) is 4.97. The predicted octanol–water partition coefficient (Wildman–Crippen LogP) is 1.59. The molecular weight excluding hydrogens is 250 g/mol. The standard InChI is InChI=1S/C12H21N3O2S/c1-3-6-9-11(14-15(2)12(9)13)10-7-4-5-8-18(10,16)17/h10H,3-8,13H2,1-2H3. The Morgan fingerprint density at radius 2 is 2.17 bits per heavy atom. The number of hydrogen-bond donors (Lipinski definition) is 1. The van der Waals surface area contributed by atoms with Gasteiger partial charge in [0.05, 0.1) is 11.4 Å². The Balaban J connectivity index is 2.46. The van der Waals surface area contributed by atoms with E-state index in [1.165, 1.54) is 0 Å². The summed E-state index contributed by atoms with van der Waals surface area (Å²) in [6.07, 6.45) is 4.13. The highest BCUT2D eigenvalue weighted by Crippen LogP contribution is 2.36. The average Bonchev–Trinajstić information content (AvgIpc) is 2.57. The fourth-order valence-corrected chi connectivity index (χ4v) is 4.58. The molecule has 0 aliphatic carbocycles. The van der Waals surface area contributed by atoms with Crippen molar-refractivity contribution in [3.63, 3.8) is 0 Å². The van der Waals surface area contributed by atoms with E-state index < -0.39 is 15.1 Å². The lowest BCUT2D eigenvalue weighted by atomic mass is 10.0. The number of anilines is 1. The van der Waals surface area contributed by atoms with Crippen LogP contribution in [0, 0.1) is 0 Å². The van der Waals surface area contributed by atoms with Gasteiger partial charge in [0, 0.05) is 12.6 Å². The van der Waals surface area contributed by atoms with Crippen LogP contribution in [0.25, 0.3) is 0 Å². The van der Waals surface area contributed by atoms with Crippen LogP contribution in [0.3, 0.4) is 0 Å². The summed E-state index contributed by atoms with van der Waals surface area (Å²) in [5.41, 5.74) is 7.61. The molecule has 18 heavy (non-hydrogen) atoms. The Morgan fingerprint density at radius 1 is 1.44 bits per heavy atom. The average molecular weight is 271 g/mol. The summed E-state index contributed by atoms with van der Waals surface area (Å²) < 4.78 is 25.9. The minimum Gasteiger partial charge on any atom is -0.384 e. The monoisotopic (exact) mass is 271 g/mol. The van der Waals surface area contributed by atoms with Crippen molar-refractivity contribution >= 4 is 15.7 Å². The van der Waals surface area contributed by atoms with Crippen molar-refractivity contribution in [2.45, 2.75) is 44.3 Å². The molecule has 1 saturated heterocycles. The zero-order valence-corrected chi connectivity index (χ0v) is 11.8. The van der Waals surface area contributed by atoms with E-state index in [-0.39, 0.29) is 5.75 Å². The van der Waals surface area contributed by atoms with Crippen molar-refractivity contribution in [1.82, 2.24) is 9.78 Å². The van der Waals surface area contributed by atoms with Crippen molar-refractivity contribution in [3.05, 3.63) is 11.3 Å². The van der Waals surface area contributed by atoms with Crippen LogP contribution in [-0.2, 0) is 23.3 Å². The number of nitrogen functional groups attached to an aromatic ring is 1. The van der Waals surface area contributed by atoms with E-state index in [0.717, 1.165) is 31.2 Å². The quantitative estimate of drug-likeness (QED) is 0.905. The Labute approximate surface area is 108 Å². The summed E-state index contributed by atoms with van der Waals surface area (Å²) in [4.78, 5) is 0. The van der Waals surface area contributed by atoms with Crippen LogP contribution in [-0.4, -0.2) is 24.0 Å². The molecule has 0 aromatic carbocycles. The summed E-state index contributed by atoms with van der Waals surface area (Å²) in [6, 6.07) is 0. The number of aromatic nitrogens is 2. The van der Waals surface area contributed by atoms with Gasteiger partial charge in [-0.05, 0) is 19.3 Å². The van der Waals surface area contributed by atoms with Crippen molar-refractivity contribution in [2.75, 3.05) is 11.5 Å². The van der Waals surface area contributed by atoms with E-state index in [1.54, 1.807) is 11.7 Å². The van der Waals surface area contributed by atoms with Crippen LogP contribution in [0.2, 0.25) is 0 Å². The van der Waals surface area contributed by atoms with Crippen molar-refractivity contribution in [1.29, 1.82) is 0 Å². The number of nitrogens with zero attached hydrogens (tertiary/aromatic N) is 2. The maximum Gasteiger partial charge on any atom is 0.158 e. The number of rotatable bonds is 3. The molecule has 0 amide bonds. The third-order valence-electron chi connectivity index (χ3n) is 3.61. The maximum absolute atomic E-state index is 12.2. The third-order valence-corrected chi connectivity index (χ3v) is 5.79. The van der Waals surface area contributed by atoms with Gasteiger partial charge in [0.25, 0.3) is 0 Å². The van der Waals surface area contributed by atoms with Crippen molar-refractivity contribution in [2.24, 2.45) is 7.05 Å². The fourth-order valence-electron chi connectivity index (χ4n) is 2.63. The first-order valence-corrected chi connectivity index (χ1v) is 8.21. The first-order valence-electron chi connectivity index (χ1n) is 6.50. The highest BCUT2D eigenvalue weighted by molar-refractivity contribution is 7.91. The molecule has 0 radical (unpaired) electrons. The summed E-state index contributed by atoms with van der Waals surface area (Å²) in [5, 5.41) is 3.91. The van der Waals surface area contributed by atoms with E-state index in [2.05, 4.69) is 12.0 Å². The molecule has 1 aliphatic heterocycles. The number of nitrogens with two attached hydrogens (primary N) is 1. The molecule has 1 aliphatic rings. The van der Waals surface area contributed by atoms with Crippen LogP contribution >= 0.6 is 0 Å². The Hall–Kier alpha value is -1.04. The summed E-state index contributed by atoms with van der Waals surface area (Å²) in [6.45, 7) is 2.06. The molecule has 1 aromatic rings. The molecular formula is C12H21N3O2S. The molecule has 0 spiro atoms. The highest BCUT2D eigenvalue weighted by atomic mass is 32.2. The molecule has 2 heterocycles. The minimum absolute atomic E-state index is 0.277. The van der Waals surface area contributed by atoms with Crippen molar-refractivity contribution in [3.8, 4) is 0 Å². The Bertz CT molecular complexity index is 534. The molecule has 1 atom stereocenters. The van der Waals surface area contributed by atoms with E-state index in [1.807, 2.05) is 0 Å². The zero-order chi connectivity index (χ0) is 13.3.